The number of ether oxygens (including phenoxy) is 1. The van der Waals surface area contributed by atoms with Crippen LogP contribution in [0, 0.1) is 0 Å². The van der Waals surface area contributed by atoms with Crippen molar-refractivity contribution in [2.45, 2.75) is 6.92 Å². The van der Waals surface area contributed by atoms with Crippen LogP contribution in [0.25, 0.3) is 0 Å². The minimum Gasteiger partial charge on any atom is -0.374 e. The molecule has 76 valence electrons. The van der Waals surface area contributed by atoms with Crippen molar-refractivity contribution in [3.05, 3.63) is 36.6 Å². The lowest BCUT2D eigenvalue weighted by Crippen LogP contribution is -2.26. The van der Waals surface area contributed by atoms with E-state index in [1.165, 1.54) is 0 Å². The fourth-order valence-electron chi connectivity index (χ4n) is 1.02. The van der Waals surface area contributed by atoms with Gasteiger partial charge in [0.25, 0.3) is 0 Å². The summed E-state index contributed by atoms with van der Waals surface area (Å²) in [5.41, 5.74) is 0.829. The SMILES string of the molecule is C=C1/C=C\C=C/CN=C(COCC)N1. The van der Waals surface area contributed by atoms with Crippen LogP contribution in [0.4, 0.5) is 0 Å². The van der Waals surface area contributed by atoms with Crippen LogP contribution in [0.3, 0.4) is 0 Å². The molecule has 0 unspecified atom stereocenters. The van der Waals surface area contributed by atoms with E-state index in [2.05, 4.69) is 16.9 Å². The van der Waals surface area contributed by atoms with Gasteiger partial charge in [-0.3, -0.25) is 4.99 Å². The molecule has 0 fully saturated rings. The predicted octanol–water partition coefficient (Wildman–Crippen LogP) is 1.65. The van der Waals surface area contributed by atoms with Gasteiger partial charge in [0, 0.05) is 12.3 Å². The van der Waals surface area contributed by atoms with Crippen molar-refractivity contribution >= 4 is 5.84 Å². The van der Waals surface area contributed by atoms with E-state index in [4.69, 9.17) is 4.74 Å². The van der Waals surface area contributed by atoms with E-state index in [0.717, 1.165) is 11.5 Å². The number of nitrogens with one attached hydrogen (secondary N) is 1. The third-order valence-electron chi connectivity index (χ3n) is 1.68. The van der Waals surface area contributed by atoms with Crippen molar-refractivity contribution < 1.29 is 4.74 Å². The fraction of sp³-hybridized carbons (Fsp3) is 0.364. The highest BCUT2D eigenvalue weighted by molar-refractivity contribution is 5.85. The summed E-state index contributed by atoms with van der Waals surface area (Å²) in [6.45, 7) is 7.69. The molecule has 0 bridgehead atoms. The first-order chi connectivity index (χ1) is 6.83. The summed E-state index contributed by atoms with van der Waals surface area (Å²) >= 11 is 0. The zero-order chi connectivity index (χ0) is 10.2. The second-order valence-electron chi connectivity index (χ2n) is 2.86. The van der Waals surface area contributed by atoms with E-state index in [0.29, 0.717) is 19.8 Å². The molecule has 0 spiro atoms. The number of hydrogen-bond acceptors (Lipinski definition) is 3. The second-order valence-corrected chi connectivity index (χ2v) is 2.86. The Labute approximate surface area is 84.9 Å². The quantitative estimate of drug-likeness (QED) is 0.737. The van der Waals surface area contributed by atoms with Crippen LogP contribution in [0.5, 0.6) is 0 Å². The van der Waals surface area contributed by atoms with Gasteiger partial charge in [-0.15, -0.1) is 0 Å². The molecule has 0 aliphatic carbocycles. The van der Waals surface area contributed by atoms with Gasteiger partial charge >= 0.3 is 0 Å². The molecule has 1 heterocycles. The van der Waals surface area contributed by atoms with Crippen LogP contribution in [-0.2, 0) is 4.74 Å². The zero-order valence-corrected chi connectivity index (χ0v) is 8.49. The Bertz CT molecular complexity index is 277. The summed E-state index contributed by atoms with van der Waals surface area (Å²) in [4.78, 5) is 4.32. The summed E-state index contributed by atoms with van der Waals surface area (Å²) in [5, 5.41) is 3.10. The standard InChI is InChI=1S/C11H16N2O/c1-3-14-9-11-12-8-6-4-5-7-10(2)13-11/h4-7H,2-3,8-9H2,1H3,(H,12,13)/b6-4-,7-5-. The summed E-state index contributed by atoms with van der Waals surface area (Å²) in [7, 11) is 0. The van der Waals surface area contributed by atoms with Gasteiger partial charge in [0.15, 0.2) is 0 Å². The van der Waals surface area contributed by atoms with E-state index >= 15 is 0 Å². The van der Waals surface area contributed by atoms with Crippen LogP contribution >= 0.6 is 0 Å². The molecule has 0 aromatic carbocycles. The van der Waals surface area contributed by atoms with E-state index < -0.39 is 0 Å². The molecule has 3 nitrogen and oxygen atoms in total. The highest BCUT2D eigenvalue weighted by Crippen LogP contribution is 1.93. The Hall–Kier alpha value is -1.35. The van der Waals surface area contributed by atoms with Crippen molar-refractivity contribution in [2.75, 3.05) is 19.8 Å². The normalized spacial score (nSPS) is 21.2. The Morgan fingerprint density at radius 3 is 3.21 bits per heavy atom. The van der Waals surface area contributed by atoms with E-state index in [1.807, 2.05) is 31.2 Å². The lowest BCUT2D eigenvalue weighted by atomic mass is 10.4. The Morgan fingerprint density at radius 1 is 1.57 bits per heavy atom. The van der Waals surface area contributed by atoms with Crippen LogP contribution < -0.4 is 5.32 Å². The maximum Gasteiger partial charge on any atom is 0.127 e. The van der Waals surface area contributed by atoms with Crippen LogP contribution in [0.1, 0.15) is 6.92 Å². The molecule has 0 aromatic heterocycles. The molecular formula is C11H16N2O. The third-order valence-corrected chi connectivity index (χ3v) is 1.68. The molecule has 0 radical (unpaired) electrons. The average molecular weight is 192 g/mol. The molecule has 1 aliphatic heterocycles. The van der Waals surface area contributed by atoms with Gasteiger partial charge in [-0.2, -0.15) is 0 Å². The van der Waals surface area contributed by atoms with Gasteiger partial charge in [0.2, 0.25) is 0 Å². The average Bonchev–Trinajstić information content (AvgIpc) is 2.27. The van der Waals surface area contributed by atoms with E-state index in [1.54, 1.807) is 0 Å². The van der Waals surface area contributed by atoms with Crippen LogP contribution in [0.15, 0.2) is 41.6 Å². The molecule has 1 aliphatic rings. The number of amidine groups is 1. The lowest BCUT2D eigenvalue weighted by Gasteiger charge is -2.08. The molecule has 3 heteroatoms. The van der Waals surface area contributed by atoms with E-state index in [9.17, 15) is 0 Å². The first-order valence-corrected chi connectivity index (χ1v) is 4.73. The second kappa shape index (κ2) is 6.16. The smallest absolute Gasteiger partial charge is 0.127 e. The Balaban J connectivity index is 2.58. The van der Waals surface area contributed by atoms with Crippen molar-refractivity contribution in [2.24, 2.45) is 4.99 Å². The number of allylic oxidation sites excluding steroid dienone is 3. The van der Waals surface area contributed by atoms with Gasteiger partial charge in [-0.25, -0.2) is 0 Å². The topological polar surface area (TPSA) is 33.6 Å². The number of nitrogens with zero attached hydrogens (tertiary/aromatic N) is 1. The minimum atomic E-state index is 0.511. The maximum absolute atomic E-state index is 5.28. The van der Waals surface area contributed by atoms with Crippen molar-refractivity contribution in [1.29, 1.82) is 0 Å². The Kier molecular flexibility index (Phi) is 4.72. The minimum absolute atomic E-state index is 0.511. The molecule has 14 heavy (non-hydrogen) atoms. The number of hydrogen-bond donors (Lipinski definition) is 1. The predicted molar refractivity (Wildman–Crippen MR) is 59.4 cm³/mol. The maximum atomic E-state index is 5.28. The first-order valence-electron chi connectivity index (χ1n) is 4.73. The van der Waals surface area contributed by atoms with Crippen molar-refractivity contribution in [3.63, 3.8) is 0 Å². The molecule has 0 aromatic rings. The molecule has 0 saturated carbocycles. The van der Waals surface area contributed by atoms with E-state index in [-0.39, 0.29) is 0 Å². The summed E-state index contributed by atoms with van der Waals surface area (Å²) < 4.78 is 5.28. The largest absolute Gasteiger partial charge is 0.374 e. The molecule has 1 rings (SSSR count). The van der Waals surface area contributed by atoms with Crippen molar-refractivity contribution in [1.82, 2.24) is 5.32 Å². The van der Waals surface area contributed by atoms with Gasteiger partial charge in [-0.1, -0.05) is 24.8 Å². The zero-order valence-electron chi connectivity index (χ0n) is 8.49. The molecule has 0 amide bonds. The highest BCUT2D eigenvalue weighted by atomic mass is 16.5. The summed E-state index contributed by atoms with van der Waals surface area (Å²) in [6.07, 6.45) is 7.79. The van der Waals surface area contributed by atoms with Gasteiger partial charge < -0.3 is 10.1 Å². The van der Waals surface area contributed by atoms with Gasteiger partial charge in [0.1, 0.15) is 12.4 Å². The molecule has 1 N–H and O–H groups in total. The monoisotopic (exact) mass is 192 g/mol. The lowest BCUT2D eigenvalue weighted by molar-refractivity contribution is 0.185. The number of aliphatic imine (C=N–C) groups is 1. The van der Waals surface area contributed by atoms with Crippen LogP contribution in [-0.4, -0.2) is 25.6 Å². The summed E-state index contributed by atoms with van der Waals surface area (Å²) in [6, 6.07) is 0. The van der Waals surface area contributed by atoms with Crippen molar-refractivity contribution in [3.8, 4) is 0 Å². The van der Waals surface area contributed by atoms with Gasteiger partial charge in [0.05, 0.1) is 6.54 Å². The number of rotatable bonds is 3. The van der Waals surface area contributed by atoms with Crippen LogP contribution in [0.2, 0.25) is 0 Å². The van der Waals surface area contributed by atoms with Gasteiger partial charge in [-0.05, 0) is 13.0 Å². The Morgan fingerprint density at radius 2 is 2.43 bits per heavy atom. The molecular weight excluding hydrogens is 176 g/mol. The molecule has 0 saturated heterocycles. The third kappa shape index (κ3) is 4.05. The molecule has 0 atom stereocenters. The fourth-order valence-corrected chi connectivity index (χ4v) is 1.02. The summed E-state index contributed by atoms with van der Waals surface area (Å²) in [5.74, 6) is 0.827. The first kappa shape index (κ1) is 10.7. The highest BCUT2D eigenvalue weighted by Gasteiger charge is 1.99.